The van der Waals surface area contributed by atoms with Gasteiger partial charge in [-0.05, 0) is 61.8 Å². The molecule has 1 saturated heterocycles. The molecule has 0 spiro atoms. The van der Waals surface area contributed by atoms with E-state index in [0.717, 1.165) is 73.9 Å². The number of hydrogen-bond donors (Lipinski definition) is 1. The number of aromatic nitrogens is 6. The lowest BCUT2D eigenvalue weighted by atomic mass is 9.82. The van der Waals surface area contributed by atoms with Crippen LogP contribution in [0.5, 0.6) is 0 Å². The molecule has 10 heteroatoms. The van der Waals surface area contributed by atoms with Gasteiger partial charge in [0.05, 0.1) is 23.3 Å². The molecule has 248 valence electrons. The fourth-order valence-electron chi connectivity index (χ4n) is 7.30. The van der Waals surface area contributed by atoms with Crippen molar-refractivity contribution in [2.45, 2.75) is 115 Å². The number of unbranched alkanes of at least 4 members (excludes halogenated alkanes) is 1. The standard InChI is InChI=1S/C37H47N7O3/c1-3-5-15-27-21-33(47-37(27)46)31(20-25-12-7-6-8-13-25)41-36(45)29(19-26-14-9-17-38-22-26)34-42-43-35-30(11-4-2)40-32(24-44(34)35)28-16-10-18-39-23-28/h9-10,14,16-18,22-25,27,29,31,33H,3-8,11-13,15,19-21H2,1-2H3,(H,41,45)/t27-,29+,31+,33+/m1/s1. The zero-order valence-electron chi connectivity index (χ0n) is 27.7. The van der Waals surface area contributed by atoms with Crippen molar-refractivity contribution >= 4 is 17.5 Å². The van der Waals surface area contributed by atoms with Crippen molar-refractivity contribution in [1.29, 1.82) is 0 Å². The van der Waals surface area contributed by atoms with E-state index < -0.39 is 5.92 Å². The van der Waals surface area contributed by atoms with E-state index in [-0.39, 0.29) is 29.9 Å². The molecule has 0 unspecified atom stereocenters. The molecule has 0 bridgehead atoms. The first-order valence-corrected chi connectivity index (χ1v) is 17.6. The summed E-state index contributed by atoms with van der Waals surface area (Å²) in [5.41, 5.74) is 4.05. The van der Waals surface area contributed by atoms with Gasteiger partial charge in [-0.15, -0.1) is 10.2 Å². The minimum Gasteiger partial charge on any atom is -0.460 e. The first-order chi connectivity index (χ1) is 23.0. The Morgan fingerprint density at radius 3 is 2.57 bits per heavy atom. The predicted molar refractivity (Wildman–Crippen MR) is 179 cm³/mol. The molecular weight excluding hydrogens is 590 g/mol. The van der Waals surface area contributed by atoms with Gasteiger partial charge in [0, 0.05) is 36.5 Å². The van der Waals surface area contributed by atoms with Gasteiger partial charge in [0.15, 0.2) is 5.65 Å². The summed E-state index contributed by atoms with van der Waals surface area (Å²) >= 11 is 0. The third-order valence-electron chi connectivity index (χ3n) is 9.83. The lowest BCUT2D eigenvalue weighted by molar-refractivity contribution is -0.146. The van der Waals surface area contributed by atoms with Gasteiger partial charge in [0.1, 0.15) is 17.8 Å². The average Bonchev–Trinajstić information content (AvgIpc) is 3.70. The number of fused-ring (bicyclic) bond motifs is 1. The van der Waals surface area contributed by atoms with Crippen LogP contribution in [0.3, 0.4) is 0 Å². The molecule has 4 aromatic rings. The van der Waals surface area contributed by atoms with Crippen molar-refractivity contribution in [2.24, 2.45) is 11.8 Å². The van der Waals surface area contributed by atoms with Crippen LogP contribution in [0.1, 0.15) is 107 Å². The zero-order chi connectivity index (χ0) is 32.6. The topological polar surface area (TPSA) is 124 Å². The Morgan fingerprint density at radius 1 is 1.04 bits per heavy atom. The molecule has 5 heterocycles. The molecule has 0 radical (unpaired) electrons. The summed E-state index contributed by atoms with van der Waals surface area (Å²) < 4.78 is 7.97. The number of nitrogens with one attached hydrogen (secondary N) is 1. The number of rotatable bonds is 14. The summed E-state index contributed by atoms with van der Waals surface area (Å²) in [5, 5.41) is 12.7. The van der Waals surface area contributed by atoms with Crippen LogP contribution in [-0.4, -0.2) is 53.6 Å². The third-order valence-corrected chi connectivity index (χ3v) is 9.83. The Kier molecular flexibility index (Phi) is 10.9. The zero-order valence-corrected chi connectivity index (χ0v) is 27.7. The van der Waals surface area contributed by atoms with Crippen LogP contribution in [0.2, 0.25) is 0 Å². The Morgan fingerprint density at radius 2 is 1.85 bits per heavy atom. The molecule has 2 fully saturated rings. The first-order valence-electron chi connectivity index (χ1n) is 17.6. The van der Waals surface area contributed by atoms with Crippen LogP contribution in [0.25, 0.3) is 16.9 Å². The van der Waals surface area contributed by atoms with E-state index >= 15 is 0 Å². The Labute approximate surface area is 277 Å². The summed E-state index contributed by atoms with van der Waals surface area (Å²) in [4.78, 5) is 41.1. The van der Waals surface area contributed by atoms with Crippen LogP contribution in [0.4, 0.5) is 0 Å². The Bertz CT molecular complexity index is 1620. The maximum atomic E-state index is 14.6. The smallest absolute Gasteiger partial charge is 0.309 e. The highest BCUT2D eigenvalue weighted by Gasteiger charge is 2.41. The average molecular weight is 638 g/mol. The number of amides is 1. The minimum atomic E-state index is -0.658. The second-order valence-corrected chi connectivity index (χ2v) is 13.3. The maximum absolute atomic E-state index is 14.6. The van der Waals surface area contributed by atoms with Crippen molar-refractivity contribution in [3.63, 3.8) is 0 Å². The molecule has 1 aliphatic carbocycles. The van der Waals surface area contributed by atoms with E-state index in [1.807, 2.05) is 34.9 Å². The van der Waals surface area contributed by atoms with Gasteiger partial charge in [0.2, 0.25) is 5.91 Å². The number of carbonyl (C=O) groups excluding carboxylic acids is 2. The molecule has 4 atom stereocenters. The number of pyridine rings is 2. The molecule has 4 aromatic heterocycles. The first kappa shape index (κ1) is 32.7. The predicted octanol–water partition coefficient (Wildman–Crippen LogP) is 6.44. The SMILES string of the molecule is CCCC[C@@H]1C[C@@H]([C@H](CC2CCCCC2)NC(=O)[C@@H](Cc2cccnc2)c2nnc3c(CCC)nc(-c4cccnc4)cn23)OC1=O. The number of aryl methyl sites for hydroxylation is 1. The molecule has 1 saturated carbocycles. The highest BCUT2D eigenvalue weighted by atomic mass is 16.6. The van der Waals surface area contributed by atoms with Crippen LogP contribution in [-0.2, 0) is 27.2 Å². The minimum absolute atomic E-state index is 0.104. The lowest BCUT2D eigenvalue weighted by Crippen LogP contribution is -2.47. The van der Waals surface area contributed by atoms with E-state index in [2.05, 4.69) is 39.3 Å². The molecule has 47 heavy (non-hydrogen) atoms. The van der Waals surface area contributed by atoms with Gasteiger partial charge in [-0.2, -0.15) is 0 Å². The van der Waals surface area contributed by atoms with Gasteiger partial charge >= 0.3 is 5.97 Å². The van der Waals surface area contributed by atoms with Crippen LogP contribution < -0.4 is 5.32 Å². The van der Waals surface area contributed by atoms with Gasteiger partial charge in [-0.25, -0.2) is 4.98 Å². The molecule has 6 rings (SSSR count). The molecule has 1 amide bonds. The van der Waals surface area contributed by atoms with Crippen molar-refractivity contribution < 1.29 is 14.3 Å². The molecule has 1 aliphatic heterocycles. The number of carbonyl (C=O) groups is 2. The van der Waals surface area contributed by atoms with Gasteiger partial charge < -0.3 is 10.1 Å². The number of cyclic esters (lactones) is 1. The van der Waals surface area contributed by atoms with Crippen molar-refractivity contribution in [1.82, 2.24) is 34.9 Å². The van der Waals surface area contributed by atoms with E-state index in [1.165, 1.54) is 19.3 Å². The molecule has 0 aromatic carbocycles. The Hall–Kier alpha value is -4.21. The summed E-state index contributed by atoms with van der Waals surface area (Å²) in [6.07, 6.45) is 20.9. The third kappa shape index (κ3) is 7.85. The molecule has 10 nitrogen and oxygen atoms in total. The molecular formula is C37H47N7O3. The van der Waals surface area contributed by atoms with Gasteiger partial charge in [-0.1, -0.05) is 71.3 Å². The largest absolute Gasteiger partial charge is 0.460 e. The second kappa shape index (κ2) is 15.6. The summed E-state index contributed by atoms with van der Waals surface area (Å²) in [6, 6.07) is 7.48. The molecule has 2 aliphatic rings. The maximum Gasteiger partial charge on any atom is 0.309 e. The molecule has 1 N–H and O–H groups in total. The fourth-order valence-corrected chi connectivity index (χ4v) is 7.30. The highest BCUT2D eigenvalue weighted by Crippen LogP contribution is 2.34. The summed E-state index contributed by atoms with van der Waals surface area (Å²) in [7, 11) is 0. The van der Waals surface area contributed by atoms with Gasteiger partial charge in [0.25, 0.3) is 0 Å². The monoisotopic (exact) mass is 637 g/mol. The van der Waals surface area contributed by atoms with E-state index in [0.29, 0.717) is 30.2 Å². The number of nitrogens with zero attached hydrogens (tertiary/aromatic N) is 6. The van der Waals surface area contributed by atoms with E-state index in [4.69, 9.17) is 9.72 Å². The lowest BCUT2D eigenvalue weighted by Gasteiger charge is -2.31. The second-order valence-electron chi connectivity index (χ2n) is 13.3. The number of esters is 1. The number of ether oxygens (including phenoxy) is 1. The van der Waals surface area contributed by atoms with E-state index in [9.17, 15) is 9.59 Å². The highest BCUT2D eigenvalue weighted by molar-refractivity contribution is 5.84. The Balaban J connectivity index is 1.36. The quantitative estimate of drug-likeness (QED) is 0.157. The normalized spacial score (nSPS) is 19.8. The van der Waals surface area contributed by atoms with Crippen molar-refractivity contribution in [3.05, 3.63) is 72.3 Å². The summed E-state index contributed by atoms with van der Waals surface area (Å²) in [6.45, 7) is 4.25. The fraction of sp³-hybridized carbons (Fsp3) is 0.541. The van der Waals surface area contributed by atoms with Crippen molar-refractivity contribution in [3.8, 4) is 11.3 Å². The van der Waals surface area contributed by atoms with Crippen molar-refractivity contribution in [2.75, 3.05) is 0 Å². The van der Waals surface area contributed by atoms with Gasteiger partial charge in [-0.3, -0.25) is 24.0 Å². The van der Waals surface area contributed by atoms with Crippen LogP contribution >= 0.6 is 0 Å². The summed E-state index contributed by atoms with van der Waals surface area (Å²) in [5.74, 6) is 0.0153. The number of hydrogen-bond acceptors (Lipinski definition) is 8. The van der Waals surface area contributed by atoms with Crippen LogP contribution in [0.15, 0.2) is 55.2 Å². The van der Waals surface area contributed by atoms with Crippen LogP contribution in [0, 0.1) is 11.8 Å². The van der Waals surface area contributed by atoms with E-state index in [1.54, 1.807) is 24.8 Å².